The summed E-state index contributed by atoms with van der Waals surface area (Å²) in [5.41, 5.74) is -0.365. The first kappa shape index (κ1) is 14.3. The summed E-state index contributed by atoms with van der Waals surface area (Å²) in [6.45, 7) is 1.26. The SMILES string of the molecule is O=C(O)C1(c2ccc(OC3CCOCC3)c(F)c2)CCC1. The molecule has 4 nitrogen and oxygen atoms in total. The molecule has 114 valence electrons. The number of hydrogen-bond acceptors (Lipinski definition) is 3. The van der Waals surface area contributed by atoms with Gasteiger partial charge >= 0.3 is 5.97 Å². The Bertz CT molecular complexity index is 533. The van der Waals surface area contributed by atoms with Gasteiger partial charge in [0, 0.05) is 12.8 Å². The second kappa shape index (κ2) is 5.64. The van der Waals surface area contributed by atoms with Crippen LogP contribution in [0.3, 0.4) is 0 Å². The fourth-order valence-electron chi connectivity index (χ4n) is 3.02. The maximum Gasteiger partial charge on any atom is 0.314 e. The molecule has 0 bridgehead atoms. The van der Waals surface area contributed by atoms with E-state index in [4.69, 9.17) is 9.47 Å². The van der Waals surface area contributed by atoms with Gasteiger partial charge in [0.25, 0.3) is 0 Å². The van der Waals surface area contributed by atoms with Gasteiger partial charge in [-0.1, -0.05) is 12.5 Å². The Morgan fingerprint density at radius 1 is 1.33 bits per heavy atom. The van der Waals surface area contributed by atoms with Crippen LogP contribution < -0.4 is 4.74 Å². The van der Waals surface area contributed by atoms with Crippen molar-refractivity contribution in [2.75, 3.05) is 13.2 Å². The number of hydrogen-bond donors (Lipinski definition) is 1. The van der Waals surface area contributed by atoms with E-state index >= 15 is 0 Å². The summed E-state index contributed by atoms with van der Waals surface area (Å²) in [4.78, 5) is 11.4. The minimum atomic E-state index is -0.905. The molecule has 0 unspecified atom stereocenters. The summed E-state index contributed by atoms with van der Waals surface area (Å²) in [7, 11) is 0. The largest absolute Gasteiger partial charge is 0.487 e. The molecule has 0 radical (unpaired) electrons. The van der Waals surface area contributed by atoms with Gasteiger partial charge in [-0.2, -0.15) is 0 Å². The molecule has 2 fully saturated rings. The van der Waals surface area contributed by atoms with Crippen LogP contribution in [0.15, 0.2) is 18.2 Å². The highest BCUT2D eigenvalue weighted by Gasteiger charge is 2.46. The minimum absolute atomic E-state index is 0.0313. The van der Waals surface area contributed by atoms with E-state index in [0.717, 1.165) is 19.3 Å². The third-order valence-electron chi connectivity index (χ3n) is 4.56. The summed E-state index contributed by atoms with van der Waals surface area (Å²) in [6.07, 6.45) is 3.48. The molecule has 2 aliphatic rings. The number of aliphatic carboxylic acids is 1. The summed E-state index contributed by atoms with van der Waals surface area (Å²) < 4.78 is 25.1. The van der Waals surface area contributed by atoms with Gasteiger partial charge in [0.2, 0.25) is 0 Å². The Kier molecular flexibility index (Phi) is 3.85. The fraction of sp³-hybridized carbons (Fsp3) is 0.562. The molecule has 1 aliphatic heterocycles. The average Bonchev–Trinajstić information content (AvgIpc) is 2.41. The van der Waals surface area contributed by atoms with Crippen molar-refractivity contribution in [2.45, 2.75) is 43.6 Å². The van der Waals surface area contributed by atoms with Crippen LogP contribution in [-0.4, -0.2) is 30.4 Å². The molecule has 1 saturated carbocycles. The lowest BCUT2D eigenvalue weighted by atomic mass is 9.64. The average molecular weight is 294 g/mol. The van der Waals surface area contributed by atoms with Crippen LogP contribution in [0.4, 0.5) is 4.39 Å². The van der Waals surface area contributed by atoms with E-state index in [1.807, 2.05) is 0 Å². The first-order valence-corrected chi connectivity index (χ1v) is 7.40. The topological polar surface area (TPSA) is 55.8 Å². The number of rotatable bonds is 4. The van der Waals surface area contributed by atoms with Crippen LogP contribution in [0.5, 0.6) is 5.75 Å². The zero-order valence-electron chi connectivity index (χ0n) is 11.8. The lowest BCUT2D eigenvalue weighted by molar-refractivity contribution is -0.147. The Morgan fingerprint density at radius 3 is 2.57 bits per heavy atom. The highest BCUT2D eigenvalue weighted by molar-refractivity contribution is 5.82. The third kappa shape index (κ3) is 2.62. The van der Waals surface area contributed by atoms with Crippen LogP contribution in [-0.2, 0) is 14.9 Å². The molecule has 1 aromatic rings. The number of halogens is 1. The van der Waals surface area contributed by atoms with Crippen molar-refractivity contribution in [1.29, 1.82) is 0 Å². The fourth-order valence-corrected chi connectivity index (χ4v) is 3.02. The van der Waals surface area contributed by atoms with Gasteiger partial charge in [0.15, 0.2) is 11.6 Å². The number of carboxylic acids is 1. The minimum Gasteiger partial charge on any atom is -0.487 e. The first-order chi connectivity index (χ1) is 10.1. The molecule has 1 aromatic carbocycles. The van der Waals surface area contributed by atoms with E-state index in [1.54, 1.807) is 12.1 Å². The predicted molar refractivity (Wildman–Crippen MR) is 74.0 cm³/mol. The molecule has 0 atom stereocenters. The molecular weight excluding hydrogens is 275 g/mol. The van der Waals surface area contributed by atoms with Crippen LogP contribution in [0.25, 0.3) is 0 Å². The van der Waals surface area contributed by atoms with Crippen LogP contribution in [0.1, 0.15) is 37.7 Å². The molecule has 1 saturated heterocycles. The van der Waals surface area contributed by atoms with Crippen LogP contribution in [0, 0.1) is 5.82 Å². The van der Waals surface area contributed by atoms with Gasteiger partial charge in [-0.3, -0.25) is 4.79 Å². The Hall–Kier alpha value is -1.62. The lowest BCUT2D eigenvalue weighted by Crippen LogP contribution is -2.42. The Morgan fingerprint density at radius 2 is 2.05 bits per heavy atom. The summed E-state index contributed by atoms with van der Waals surface area (Å²) in [6, 6.07) is 4.57. The van der Waals surface area contributed by atoms with Crippen LogP contribution >= 0.6 is 0 Å². The maximum absolute atomic E-state index is 14.2. The predicted octanol–water partition coefficient (Wildman–Crippen LogP) is 2.89. The van der Waals surface area contributed by atoms with Gasteiger partial charge < -0.3 is 14.6 Å². The summed E-state index contributed by atoms with van der Waals surface area (Å²) >= 11 is 0. The zero-order valence-corrected chi connectivity index (χ0v) is 11.8. The van der Waals surface area contributed by atoms with E-state index in [0.29, 0.717) is 31.6 Å². The van der Waals surface area contributed by atoms with Crippen molar-refractivity contribution in [3.05, 3.63) is 29.6 Å². The van der Waals surface area contributed by atoms with E-state index < -0.39 is 17.2 Å². The van der Waals surface area contributed by atoms with Gasteiger partial charge in [-0.05, 0) is 30.5 Å². The highest BCUT2D eigenvalue weighted by atomic mass is 19.1. The lowest BCUT2D eigenvalue weighted by Gasteiger charge is -2.38. The van der Waals surface area contributed by atoms with Crippen molar-refractivity contribution in [3.8, 4) is 5.75 Å². The van der Waals surface area contributed by atoms with Crippen molar-refractivity contribution in [1.82, 2.24) is 0 Å². The molecule has 3 rings (SSSR count). The van der Waals surface area contributed by atoms with Crippen molar-refractivity contribution >= 4 is 5.97 Å². The van der Waals surface area contributed by atoms with E-state index in [-0.39, 0.29) is 11.9 Å². The number of benzene rings is 1. The summed E-state index contributed by atoms with van der Waals surface area (Å²) in [5, 5.41) is 9.39. The van der Waals surface area contributed by atoms with Gasteiger partial charge in [0.1, 0.15) is 6.10 Å². The van der Waals surface area contributed by atoms with E-state index in [9.17, 15) is 14.3 Å². The van der Waals surface area contributed by atoms with E-state index in [2.05, 4.69) is 0 Å². The monoisotopic (exact) mass is 294 g/mol. The van der Waals surface area contributed by atoms with Gasteiger partial charge in [0.05, 0.1) is 18.6 Å². The maximum atomic E-state index is 14.2. The molecule has 1 heterocycles. The highest BCUT2D eigenvalue weighted by Crippen LogP contribution is 2.44. The molecule has 0 spiro atoms. The molecule has 1 aliphatic carbocycles. The number of carboxylic acid groups (broad SMARTS) is 1. The van der Waals surface area contributed by atoms with Gasteiger partial charge in [-0.25, -0.2) is 4.39 Å². The standard InChI is InChI=1S/C16H19FO4/c17-13-10-11(16(15(18)19)6-1-7-16)2-3-14(13)21-12-4-8-20-9-5-12/h2-3,10,12H,1,4-9H2,(H,18,19). The first-order valence-electron chi connectivity index (χ1n) is 7.40. The second-order valence-corrected chi connectivity index (χ2v) is 5.82. The zero-order chi connectivity index (χ0) is 14.9. The molecular formula is C16H19FO4. The van der Waals surface area contributed by atoms with Crippen LogP contribution in [0.2, 0.25) is 0 Å². The van der Waals surface area contributed by atoms with Gasteiger partial charge in [-0.15, -0.1) is 0 Å². The summed E-state index contributed by atoms with van der Waals surface area (Å²) in [5.74, 6) is -1.15. The smallest absolute Gasteiger partial charge is 0.314 e. The molecule has 0 aromatic heterocycles. The number of carbonyl (C=O) groups is 1. The normalized spacial score (nSPS) is 21.6. The van der Waals surface area contributed by atoms with E-state index in [1.165, 1.54) is 6.07 Å². The molecule has 5 heteroatoms. The Labute approximate surface area is 122 Å². The molecule has 1 N–H and O–H groups in total. The Balaban J connectivity index is 1.78. The second-order valence-electron chi connectivity index (χ2n) is 5.82. The number of ether oxygens (including phenoxy) is 2. The molecule has 0 amide bonds. The third-order valence-corrected chi connectivity index (χ3v) is 4.56. The molecule has 21 heavy (non-hydrogen) atoms. The van der Waals surface area contributed by atoms with Crippen molar-refractivity contribution in [3.63, 3.8) is 0 Å². The quantitative estimate of drug-likeness (QED) is 0.927. The van der Waals surface area contributed by atoms with Crippen molar-refractivity contribution in [2.24, 2.45) is 0 Å². The van der Waals surface area contributed by atoms with Crippen molar-refractivity contribution < 1.29 is 23.8 Å².